The number of aryl methyl sites for hydroxylation is 2. The molecule has 22 nitrogen and oxygen atoms in total. The molecule has 10 aromatic rings. The van der Waals surface area contributed by atoms with Gasteiger partial charge < -0.3 is 39.4 Å². The molecule has 102 heavy (non-hydrogen) atoms. The first-order chi connectivity index (χ1) is 49.4. The highest BCUT2D eigenvalue weighted by Crippen LogP contribution is 2.38. The number of rotatable bonds is 18. The lowest BCUT2D eigenvalue weighted by atomic mass is 10.0. The van der Waals surface area contributed by atoms with Gasteiger partial charge in [0.2, 0.25) is 5.95 Å². The van der Waals surface area contributed by atoms with Gasteiger partial charge in [-0.2, -0.15) is 0 Å². The van der Waals surface area contributed by atoms with E-state index in [4.69, 9.17) is 15.0 Å². The Kier molecular flexibility index (Phi) is 22.1. The molecule has 2 N–H and O–H groups in total. The zero-order valence-electron chi connectivity index (χ0n) is 60.4. The predicted molar refractivity (Wildman–Crippen MR) is 400 cm³/mol. The molecule has 3 aliphatic heterocycles. The monoisotopic (exact) mass is 1380 g/mol. The number of nitrogens with zero attached hydrogens (tertiary/aromatic N) is 18. The fraction of sp³-hybridized carbons (Fsp3) is 0.462. The van der Waals surface area contributed by atoms with Gasteiger partial charge in [-0.05, 0) is 146 Å². The fourth-order valence-corrected chi connectivity index (χ4v) is 15.2. The van der Waals surface area contributed by atoms with Crippen LogP contribution in [-0.2, 0) is 19.4 Å². The van der Waals surface area contributed by atoms with E-state index in [1.54, 1.807) is 16.8 Å². The molecule has 5 aliphatic rings. The summed E-state index contributed by atoms with van der Waals surface area (Å²) < 4.78 is 35.8. The summed E-state index contributed by atoms with van der Waals surface area (Å²) in [6.45, 7) is 28.1. The molecule has 0 atom stereocenters. The molecule has 0 spiro atoms. The average molecular weight is 1380 g/mol. The second kappa shape index (κ2) is 31.8. The van der Waals surface area contributed by atoms with Crippen molar-refractivity contribution >= 4 is 67.7 Å². The van der Waals surface area contributed by atoms with Crippen molar-refractivity contribution in [1.29, 1.82) is 0 Å². The highest BCUT2D eigenvalue weighted by molar-refractivity contribution is 5.99. The third-order valence-corrected chi connectivity index (χ3v) is 20.8. The summed E-state index contributed by atoms with van der Waals surface area (Å²) in [4.78, 5) is 83.1. The molecule has 2 saturated carbocycles. The van der Waals surface area contributed by atoms with Gasteiger partial charge in [0.1, 0.15) is 45.8 Å². The molecule has 0 unspecified atom stereocenters. The third kappa shape index (κ3) is 15.9. The number of nitrogens with one attached hydrogen (secondary N) is 2. The number of hydrogen-bond donors (Lipinski definition) is 2. The average Bonchev–Trinajstić information content (AvgIpc) is 0.970. The van der Waals surface area contributed by atoms with E-state index in [-0.39, 0.29) is 46.1 Å². The number of hydrogen-bond acceptors (Lipinski definition) is 19. The van der Waals surface area contributed by atoms with Crippen LogP contribution in [0.2, 0.25) is 0 Å². The number of Topliss-reactive ketones (excluding diaryl/α,β-unsaturated/α-hetero) is 1. The molecule has 1 aromatic carbocycles. The second-order valence-electron chi connectivity index (χ2n) is 28.3. The van der Waals surface area contributed by atoms with Crippen molar-refractivity contribution in [2.75, 3.05) is 101 Å². The van der Waals surface area contributed by atoms with Crippen LogP contribution in [0.25, 0.3) is 50.1 Å². The Morgan fingerprint density at radius 3 is 1.88 bits per heavy atom. The number of halogens is 2. The number of likely N-dealkylation sites (N-methyl/N-ethyl adjacent to an activating group) is 1. The van der Waals surface area contributed by atoms with E-state index in [9.17, 15) is 18.4 Å². The number of ketones is 1. The van der Waals surface area contributed by atoms with E-state index in [1.807, 2.05) is 89.3 Å². The molecule has 24 heteroatoms. The molecule has 0 radical (unpaired) electrons. The first kappa shape index (κ1) is 70.9. The summed E-state index contributed by atoms with van der Waals surface area (Å²) >= 11 is 0. The van der Waals surface area contributed by atoms with Gasteiger partial charge in [0.25, 0.3) is 5.56 Å². The van der Waals surface area contributed by atoms with Crippen molar-refractivity contribution in [1.82, 2.24) is 83.6 Å². The van der Waals surface area contributed by atoms with Crippen LogP contribution >= 0.6 is 0 Å². The van der Waals surface area contributed by atoms with Gasteiger partial charge in [0.05, 0.1) is 65.3 Å². The zero-order chi connectivity index (χ0) is 71.1. The first-order valence-corrected chi connectivity index (χ1v) is 36.6. The third-order valence-electron chi connectivity index (χ3n) is 20.8. The fourth-order valence-electron chi connectivity index (χ4n) is 15.2. The number of aromatic nitrogens is 13. The van der Waals surface area contributed by atoms with Gasteiger partial charge in [-0.25, -0.2) is 48.7 Å². The molecule has 12 heterocycles. The Morgan fingerprint density at radius 2 is 1.28 bits per heavy atom. The van der Waals surface area contributed by atoms with Crippen LogP contribution in [0.3, 0.4) is 0 Å². The maximum atomic E-state index is 14.9. The van der Waals surface area contributed by atoms with Crippen LogP contribution < -0.4 is 26.0 Å². The summed E-state index contributed by atoms with van der Waals surface area (Å²) in [5.74, 6) is 1.53. The zero-order valence-corrected chi connectivity index (χ0v) is 60.4. The molecule has 5 fully saturated rings. The largest absolute Gasteiger partial charge is 0.376 e. The minimum atomic E-state index is -0.636. The maximum Gasteiger partial charge on any atom is 0.263 e. The Morgan fingerprint density at radius 1 is 0.657 bits per heavy atom. The van der Waals surface area contributed by atoms with Gasteiger partial charge in [0.15, 0.2) is 17.4 Å². The van der Waals surface area contributed by atoms with Crippen LogP contribution in [0.15, 0.2) is 103 Å². The summed E-state index contributed by atoms with van der Waals surface area (Å²) in [6.07, 6.45) is 24.5. The van der Waals surface area contributed by atoms with E-state index in [1.165, 1.54) is 69.3 Å². The lowest BCUT2D eigenvalue weighted by molar-refractivity contribution is 0.101. The van der Waals surface area contributed by atoms with Gasteiger partial charge >= 0.3 is 0 Å². The standard InChI is InChI=1S/C27H32F2N8.C26H31N5O2.C25H33N7/c1-5-35-8-10-36(11-9-35)16-19-6-7-24(30-14-19)33-27-31-15-22(29)25(34-27)20-12-21(28)26-23(13-20)37(17(2)3)18(4)32-26;1-17-22-16-28-23(14-19-10-11-21(15-27-19)30-12-6-3-7-13-30)29-25(22)31(20-8-4-5-9-20)26(33)24(17)18(2)32;1-18(30(2)3)23-14-19-16-28-24(29-25(19)32(23)21-6-4-5-7-21)15-20-8-9-22(17-27-20)31-12-10-26-11-13-31/h6-7,12-15,17H,5,8-11,16H2,1-4H3,(H,30,31,33,34);10-11,15-16,20H,3-9,12-14H2,1-2H3;8-9,14,16-17,21,26H,1,4-7,10-13,15H2,2-3H3. The van der Waals surface area contributed by atoms with Gasteiger partial charge in [-0.3, -0.25) is 29.0 Å². The van der Waals surface area contributed by atoms with Crippen LogP contribution in [0, 0.1) is 25.5 Å². The number of pyridine rings is 4. The van der Waals surface area contributed by atoms with Crippen molar-refractivity contribution in [2.45, 2.75) is 150 Å². The van der Waals surface area contributed by atoms with Crippen LogP contribution in [0.5, 0.6) is 0 Å². The van der Waals surface area contributed by atoms with E-state index in [0.717, 1.165) is 161 Å². The summed E-state index contributed by atoms with van der Waals surface area (Å²) in [6, 6.07) is 18.2. The van der Waals surface area contributed by atoms with E-state index in [2.05, 4.69) is 112 Å². The van der Waals surface area contributed by atoms with Crippen molar-refractivity contribution in [2.24, 2.45) is 0 Å². The Bertz CT molecular complexity index is 4650. The van der Waals surface area contributed by atoms with E-state index < -0.39 is 11.6 Å². The van der Waals surface area contributed by atoms with Gasteiger partial charge in [-0.1, -0.05) is 45.3 Å². The highest BCUT2D eigenvalue weighted by atomic mass is 19.1. The topological polar surface area (TPSA) is 218 Å². The molecule has 2 aliphatic carbocycles. The van der Waals surface area contributed by atoms with Crippen LogP contribution in [0.4, 0.5) is 31.9 Å². The Hall–Kier alpha value is -9.52. The number of carbonyl (C=O) groups is 1. The number of benzene rings is 1. The first-order valence-electron chi connectivity index (χ1n) is 36.6. The number of anilines is 4. The van der Waals surface area contributed by atoms with Crippen molar-refractivity contribution in [3.63, 3.8) is 0 Å². The lowest BCUT2D eigenvalue weighted by Crippen LogP contribution is -2.45. The predicted octanol–water partition coefficient (Wildman–Crippen LogP) is 12.8. The van der Waals surface area contributed by atoms with E-state index >= 15 is 0 Å². The normalized spacial score (nSPS) is 16.4. The minimum Gasteiger partial charge on any atom is -0.376 e. The van der Waals surface area contributed by atoms with Crippen LogP contribution in [-0.4, -0.2) is 170 Å². The smallest absolute Gasteiger partial charge is 0.263 e. The molecule has 534 valence electrons. The number of fused-ring (bicyclic) bond motifs is 3. The second-order valence-corrected chi connectivity index (χ2v) is 28.3. The molecular formula is C78H96F2N20O2. The van der Waals surface area contributed by atoms with Gasteiger partial charge in [-0.15, -0.1) is 0 Å². The quantitative estimate of drug-likeness (QED) is 0.0763. The Balaban J connectivity index is 0.000000137. The number of piperazine rings is 2. The molecule has 3 saturated heterocycles. The molecule has 9 aromatic heterocycles. The SMILES string of the molecule is C=C(c1cc2cnc(Cc3ccc(N4CCNCC4)cn3)nc2n1C1CCCC1)N(C)C.CC(=O)c1c(C)c2cnc(Cc3ccc(N4CCCCC4)cn3)nc2n(C2CCCC2)c1=O.CCN1CCN(Cc2ccc(Nc3ncc(F)c(-c4cc(F)c5nc(C)n(C(C)C)c5c4)n3)nc2)CC1. The minimum absolute atomic E-state index is 0.00954. The van der Waals surface area contributed by atoms with E-state index in [0.29, 0.717) is 58.6 Å². The molecule has 0 amide bonds. The molecular weight excluding hydrogens is 1290 g/mol. The van der Waals surface area contributed by atoms with Crippen molar-refractivity contribution in [3.05, 3.63) is 172 Å². The van der Waals surface area contributed by atoms with Crippen LogP contribution in [0.1, 0.15) is 172 Å². The summed E-state index contributed by atoms with van der Waals surface area (Å²) in [5, 5.41) is 8.30. The summed E-state index contributed by atoms with van der Waals surface area (Å²) in [5.41, 5.74) is 11.1. The van der Waals surface area contributed by atoms with Gasteiger partial charge in [0, 0.05) is 151 Å². The number of carbonyl (C=O) groups excluding carboxylic acids is 1. The lowest BCUT2D eigenvalue weighted by Gasteiger charge is -2.33. The maximum absolute atomic E-state index is 14.9. The molecule has 0 bridgehead atoms. The Labute approximate surface area is 595 Å². The highest BCUT2D eigenvalue weighted by Gasteiger charge is 2.29. The van der Waals surface area contributed by atoms with Crippen molar-refractivity contribution < 1.29 is 13.6 Å². The van der Waals surface area contributed by atoms with Crippen molar-refractivity contribution in [3.8, 4) is 11.3 Å². The molecule has 15 rings (SSSR count). The summed E-state index contributed by atoms with van der Waals surface area (Å²) in [7, 11) is 4.09. The number of imidazole rings is 1. The number of piperidine rings is 1.